The maximum absolute atomic E-state index is 12.6. The Hall–Kier alpha value is -2.57. The molecule has 7 heteroatoms. The molecule has 30 heavy (non-hydrogen) atoms. The van der Waals surface area contributed by atoms with Crippen LogP contribution in [0.3, 0.4) is 0 Å². The molecule has 3 rings (SSSR count). The van der Waals surface area contributed by atoms with E-state index in [2.05, 4.69) is 19.2 Å². The average molecular weight is 416 g/mol. The first-order valence-electron chi connectivity index (χ1n) is 11.0. The summed E-state index contributed by atoms with van der Waals surface area (Å²) in [5.74, 6) is 0.171. The molecular formula is C23H33N3O4. The highest BCUT2D eigenvalue weighted by atomic mass is 16.5. The summed E-state index contributed by atoms with van der Waals surface area (Å²) >= 11 is 0. The van der Waals surface area contributed by atoms with Crippen LogP contribution in [-0.2, 0) is 14.4 Å². The summed E-state index contributed by atoms with van der Waals surface area (Å²) in [6, 6.07) is 7.63. The molecule has 2 aliphatic heterocycles. The number of carbonyl (C=O) groups excluding carboxylic acids is 3. The summed E-state index contributed by atoms with van der Waals surface area (Å²) in [6.07, 6.45) is 4.33. The molecule has 2 aliphatic rings. The zero-order valence-corrected chi connectivity index (χ0v) is 18.2. The molecule has 0 aliphatic carbocycles. The number of hydrogen-bond donors (Lipinski definition) is 1. The number of carbonyl (C=O) groups is 3. The van der Waals surface area contributed by atoms with Crippen LogP contribution in [0.4, 0.5) is 5.69 Å². The van der Waals surface area contributed by atoms with E-state index in [1.54, 1.807) is 29.2 Å². The van der Waals surface area contributed by atoms with Crippen molar-refractivity contribution in [2.45, 2.75) is 65.0 Å². The van der Waals surface area contributed by atoms with E-state index in [4.69, 9.17) is 4.74 Å². The molecule has 0 aromatic heterocycles. The Bertz CT molecular complexity index is 754. The zero-order valence-electron chi connectivity index (χ0n) is 18.2. The lowest BCUT2D eigenvalue weighted by Gasteiger charge is -2.38. The lowest BCUT2D eigenvalue weighted by molar-refractivity contribution is -0.139. The number of nitrogens with zero attached hydrogens (tertiary/aromatic N) is 2. The second-order valence-electron chi connectivity index (χ2n) is 8.41. The number of benzene rings is 1. The highest BCUT2D eigenvalue weighted by Crippen LogP contribution is 2.27. The van der Waals surface area contributed by atoms with Crippen molar-refractivity contribution in [3.63, 3.8) is 0 Å². The summed E-state index contributed by atoms with van der Waals surface area (Å²) in [4.78, 5) is 40.7. The van der Waals surface area contributed by atoms with Crippen LogP contribution in [0.1, 0.15) is 52.9 Å². The van der Waals surface area contributed by atoms with Crippen LogP contribution in [0.15, 0.2) is 24.3 Å². The summed E-state index contributed by atoms with van der Waals surface area (Å²) < 4.78 is 5.71. The Morgan fingerprint density at radius 3 is 2.43 bits per heavy atom. The monoisotopic (exact) mass is 415 g/mol. The third kappa shape index (κ3) is 5.12. The van der Waals surface area contributed by atoms with Crippen molar-refractivity contribution in [3.05, 3.63) is 24.3 Å². The van der Waals surface area contributed by atoms with E-state index in [0.29, 0.717) is 18.8 Å². The molecule has 0 radical (unpaired) electrons. The normalized spacial score (nSPS) is 24.1. The minimum Gasteiger partial charge on any atom is -0.484 e. The first-order valence-corrected chi connectivity index (χ1v) is 11.0. The van der Waals surface area contributed by atoms with Crippen LogP contribution in [0.2, 0.25) is 0 Å². The second-order valence-corrected chi connectivity index (χ2v) is 8.41. The smallest absolute Gasteiger partial charge is 0.260 e. The molecule has 0 saturated carbocycles. The van der Waals surface area contributed by atoms with Gasteiger partial charge < -0.3 is 19.9 Å². The molecule has 1 N–H and O–H groups in total. The predicted molar refractivity (Wildman–Crippen MR) is 115 cm³/mol. The lowest BCUT2D eigenvalue weighted by atomic mass is 9.97. The molecule has 3 amide bonds. The maximum atomic E-state index is 12.6. The van der Waals surface area contributed by atoms with Crippen molar-refractivity contribution in [2.24, 2.45) is 5.92 Å². The van der Waals surface area contributed by atoms with E-state index < -0.39 is 0 Å². The SMILES string of the molecule is CCCNC(=O)[C@@H]1CC(=O)N(c2ccc(OCC(=O)N3[C@H](C)CCC[C@@H]3C)cc2)C1. The highest BCUT2D eigenvalue weighted by molar-refractivity contribution is 6.00. The van der Waals surface area contributed by atoms with Crippen LogP contribution < -0.4 is 15.0 Å². The summed E-state index contributed by atoms with van der Waals surface area (Å²) in [6.45, 7) is 7.20. The van der Waals surface area contributed by atoms with Gasteiger partial charge in [0, 0.05) is 37.3 Å². The Kier molecular flexibility index (Phi) is 7.34. The Morgan fingerprint density at radius 2 is 1.80 bits per heavy atom. The van der Waals surface area contributed by atoms with Gasteiger partial charge in [-0.15, -0.1) is 0 Å². The Labute approximate surface area is 178 Å². The fraction of sp³-hybridized carbons (Fsp3) is 0.609. The number of hydrogen-bond acceptors (Lipinski definition) is 4. The van der Waals surface area contributed by atoms with E-state index in [-0.39, 0.29) is 48.8 Å². The van der Waals surface area contributed by atoms with Gasteiger partial charge in [0.2, 0.25) is 11.8 Å². The Morgan fingerprint density at radius 1 is 1.13 bits per heavy atom. The quantitative estimate of drug-likeness (QED) is 0.743. The van der Waals surface area contributed by atoms with Crippen molar-refractivity contribution in [2.75, 3.05) is 24.6 Å². The molecule has 2 heterocycles. The summed E-state index contributed by atoms with van der Waals surface area (Å²) in [5.41, 5.74) is 0.739. The summed E-state index contributed by atoms with van der Waals surface area (Å²) in [5, 5.41) is 2.86. The second kappa shape index (κ2) is 9.96. The minimum absolute atomic E-state index is 0.00873. The molecule has 1 aromatic carbocycles. The predicted octanol–water partition coefficient (Wildman–Crippen LogP) is 2.73. The lowest BCUT2D eigenvalue weighted by Crippen LogP contribution is -2.49. The first-order chi connectivity index (χ1) is 14.4. The van der Waals surface area contributed by atoms with Gasteiger partial charge in [0.25, 0.3) is 5.91 Å². The van der Waals surface area contributed by atoms with E-state index in [1.807, 2.05) is 11.8 Å². The molecule has 164 valence electrons. The fourth-order valence-corrected chi connectivity index (χ4v) is 4.38. The van der Waals surface area contributed by atoms with Gasteiger partial charge in [0.05, 0.1) is 5.92 Å². The summed E-state index contributed by atoms with van der Waals surface area (Å²) in [7, 11) is 0. The van der Waals surface area contributed by atoms with Crippen LogP contribution in [-0.4, -0.2) is 54.4 Å². The van der Waals surface area contributed by atoms with Gasteiger partial charge >= 0.3 is 0 Å². The highest BCUT2D eigenvalue weighted by Gasteiger charge is 2.35. The van der Waals surface area contributed by atoms with Gasteiger partial charge in [0.1, 0.15) is 5.75 Å². The number of ether oxygens (including phenoxy) is 1. The van der Waals surface area contributed by atoms with Gasteiger partial charge in [-0.25, -0.2) is 0 Å². The van der Waals surface area contributed by atoms with E-state index >= 15 is 0 Å². The average Bonchev–Trinajstić information content (AvgIpc) is 3.12. The maximum Gasteiger partial charge on any atom is 0.260 e. The van der Waals surface area contributed by atoms with Crippen molar-refractivity contribution >= 4 is 23.4 Å². The number of likely N-dealkylation sites (tertiary alicyclic amines) is 1. The first kappa shape index (κ1) is 22.1. The topological polar surface area (TPSA) is 79.0 Å². The molecule has 0 spiro atoms. The molecule has 1 aromatic rings. The largest absolute Gasteiger partial charge is 0.484 e. The molecule has 3 atom stereocenters. The molecule has 0 bridgehead atoms. The molecule has 7 nitrogen and oxygen atoms in total. The molecule has 2 fully saturated rings. The third-order valence-corrected chi connectivity index (χ3v) is 6.04. The van der Waals surface area contributed by atoms with Crippen molar-refractivity contribution in [1.29, 1.82) is 0 Å². The van der Waals surface area contributed by atoms with Crippen LogP contribution in [0.5, 0.6) is 5.75 Å². The zero-order chi connectivity index (χ0) is 21.7. The van der Waals surface area contributed by atoms with Crippen molar-refractivity contribution in [1.82, 2.24) is 10.2 Å². The van der Waals surface area contributed by atoms with Gasteiger partial charge in [-0.3, -0.25) is 14.4 Å². The Balaban J connectivity index is 1.54. The molecule has 2 saturated heterocycles. The van der Waals surface area contributed by atoms with Crippen molar-refractivity contribution in [3.8, 4) is 5.75 Å². The number of rotatable bonds is 7. The number of nitrogens with one attached hydrogen (secondary N) is 1. The fourth-order valence-electron chi connectivity index (χ4n) is 4.38. The van der Waals surface area contributed by atoms with Gasteiger partial charge in [0.15, 0.2) is 6.61 Å². The number of anilines is 1. The van der Waals surface area contributed by atoms with E-state index in [0.717, 1.165) is 31.4 Å². The van der Waals surface area contributed by atoms with Crippen LogP contribution >= 0.6 is 0 Å². The number of piperidine rings is 1. The minimum atomic E-state index is -0.314. The van der Waals surface area contributed by atoms with Crippen molar-refractivity contribution < 1.29 is 19.1 Å². The van der Waals surface area contributed by atoms with E-state index in [9.17, 15) is 14.4 Å². The number of amides is 3. The third-order valence-electron chi connectivity index (χ3n) is 6.04. The van der Waals surface area contributed by atoms with Gasteiger partial charge in [-0.05, 0) is 63.8 Å². The molecular weight excluding hydrogens is 382 g/mol. The van der Waals surface area contributed by atoms with Crippen LogP contribution in [0.25, 0.3) is 0 Å². The van der Waals surface area contributed by atoms with Gasteiger partial charge in [-0.2, -0.15) is 0 Å². The van der Waals surface area contributed by atoms with E-state index in [1.165, 1.54) is 0 Å². The molecule has 0 unspecified atom stereocenters. The van der Waals surface area contributed by atoms with Crippen LogP contribution in [0, 0.1) is 5.92 Å². The standard InChI is InChI=1S/C23H33N3O4/c1-4-12-24-23(29)18-13-21(27)25(14-18)19-8-10-20(11-9-19)30-15-22(28)26-16(2)6-5-7-17(26)3/h8-11,16-18H,4-7,12-15H2,1-3H3,(H,24,29)/t16-,17+,18-/m1/s1. The van der Waals surface area contributed by atoms with Gasteiger partial charge in [-0.1, -0.05) is 6.92 Å².